The fraction of sp³-hybridized carbons (Fsp3) is 0.538. The second-order valence-electron chi connectivity index (χ2n) is 4.70. The maximum atomic E-state index is 13.1. The third-order valence-electron chi connectivity index (χ3n) is 3.24. The lowest BCUT2D eigenvalue weighted by molar-refractivity contribution is 0.211. The normalized spacial score (nSPS) is 19.4. The van der Waals surface area contributed by atoms with Crippen LogP contribution in [0.5, 0.6) is 0 Å². The van der Waals surface area contributed by atoms with E-state index in [0.717, 1.165) is 38.0 Å². The highest BCUT2D eigenvalue weighted by Crippen LogP contribution is 2.17. The zero-order valence-corrected chi connectivity index (χ0v) is 13.9. The van der Waals surface area contributed by atoms with Gasteiger partial charge in [0.25, 0.3) is 0 Å². The smallest absolute Gasteiger partial charge is 0.137 e. The monoisotopic (exact) mass is 372 g/mol. The number of benzene rings is 1. The van der Waals surface area contributed by atoms with Gasteiger partial charge in [0.2, 0.25) is 0 Å². The highest BCUT2D eigenvalue weighted by molar-refractivity contribution is 9.10. The highest BCUT2D eigenvalue weighted by Gasteiger charge is 2.16. The number of likely N-dealkylation sites (tertiary alicyclic amines) is 1. The minimum atomic E-state index is -0.200. The number of nitrogens with zero attached hydrogens (tertiary/aromatic N) is 1. The van der Waals surface area contributed by atoms with E-state index in [1.54, 1.807) is 0 Å². The molecule has 0 saturated carbocycles. The van der Waals surface area contributed by atoms with Crippen molar-refractivity contribution in [1.82, 2.24) is 4.90 Å². The Kier molecular flexibility index (Phi) is 9.20. The molecular formula is C13H20BrCl2FN2. The molecule has 1 aromatic rings. The van der Waals surface area contributed by atoms with Crippen molar-refractivity contribution in [2.24, 2.45) is 5.73 Å². The summed E-state index contributed by atoms with van der Waals surface area (Å²) in [6.07, 6.45) is 3.28. The van der Waals surface area contributed by atoms with Crippen LogP contribution in [0.15, 0.2) is 22.7 Å². The summed E-state index contributed by atoms with van der Waals surface area (Å²) in [6.45, 7) is 3.13. The molecule has 1 atom stereocenters. The second kappa shape index (κ2) is 9.14. The van der Waals surface area contributed by atoms with E-state index in [-0.39, 0.29) is 30.6 Å². The molecule has 0 bridgehead atoms. The van der Waals surface area contributed by atoms with Crippen molar-refractivity contribution >= 4 is 40.7 Å². The Labute approximate surface area is 134 Å². The molecule has 110 valence electrons. The molecular weight excluding hydrogens is 354 g/mol. The van der Waals surface area contributed by atoms with Crippen LogP contribution in [0.4, 0.5) is 4.39 Å². The van der Waals surface area contributed by atoms with Crippen LogP contribution in [0.25, 0.3) is 0 Å². The average Bonchev–Trinajstić information content (AvgIpc) is 2.31. The Morgan fingerprint density at radius 3 is 2.74 bits per heavy atom. The second-order valence-corrected chi connectivity index (χ2v) is 5.56. The first-order chi connectivity index (χ1) is 8.15. The van der Waals surface area contributed by atoms with Gasteiger partial charge in [0, 0.05) is 19.1 Å². The van der Waals surface area contributed by atoms with Gasteiger partial charge in [-0.05, 0) is 59.4 Å². The van der Waals surface area contributed by atoms with Crippen molar-refractivity contribution in [3.05, 3.63) is 34.1 Å². The summed E-state index contributed by atoms with van der Waals surface area (Å²) in [5.41, 5.74) is 7.10. The first-order valence-corrected chi connectivity index (χ1v) is 6.86. The number of rotatable bonds is 3. The van der Waals surface area contributed by atoms with Crippen LogP contribution >= 0.6 is 40.7 Å². The number of nitrogens with two attached hydrogens (primary N) is 1. The lowest BCUT2D eigenvalue weighted by Crippen LogP contribution is -2.43. The molecule has 1 aliphatic heterocycles. The Bertz CT molecular complexity index is 393. The van der Waals surface area contributed by atoms with E-state index < -0.39 is 0 Å². The topological polar surface area (TPSA) is 29.3 Å². The molecule has 1 fully saturated rings. The fourth-order valence-corrected chi connectivity index (χ4v) is 2.70. The van der Waals surface area contributed by atoms with Gasteiger partial charge in [-0.1, -0.05) is 6.07 Å². The zero-order valence-electron chi connectivity index (χ0n) is 10.6. The summed E-state index contributed by atoms with van der Waals surface area (Å²) in [5.74, 6) is -0.200. The minimum absolute atomic E-state index is 0. The molecule has 2 rings (SSSR count). The molecule has 1 aliphatic rings. The number of hydrogen-bond acceptors (Lipinski definition) is 2. The largest absolute Gasteiger partial charge is 0.327 e. The molecule has 2 nitrogen and oxygen atoms in total. The molecule has 0 aromatic heterocycles. The van der Waals surface area contributed by atoms with Crippen LogP contribution in [-0.2, 0) is 6.42 Å². The maximum absolute atomic E-state index is 13.1. The van der Waals surface area contributed by atoms with Gasteiger partial charge >= 0.3 is 0 Å². The zero-order chi connectivity index (χ0) is 12.3. The maximum Gasteiger partial charge on any atom is 0.137 e. The van der Waals surface area contributed by atoms with E-state index >= 15 is 0 Å². The van der Waals surface area contributed by atoms with Gasteiger partial charge in [-0.25, -0.2) is 4.39 Å². The van der Waals surface area contributed by atoms with Crippen LogP contribution in [-0.4, -0.2) is 30.6 Å². The molecule has 1 aromatic carbocycles. The Hall–Kier alpha value is 0.130. The molecule has 1 saturated heterocycles. The summed E-state index contributed by atoms with van der Waals surface area (Å²) in [7, 11) is 0. The molecule has 19 heavy (non-hydrogen) atoms. The van der Waals surface area contributed by atoms with Gasteiger partial charge in [-0.15, -0.1) is 24.8 Å². The minimum Gasteiger partial charge on any atom is -0.327 e. The molecule has 2 N–H and O–H groups in total. The van der Waals surface area contributed by atoms with Crippen LogP contribution in [0.3, 0.4) is 0 Å². The number of halogens is 4. The Balaban J connectivity index is 0.00000162. The van der Waals surface area contributed by atoms with Gasteiger partial charge in [0.15, 0.2) is 0 Å². The number of piperidine rings is 1. The predicted octanol–water partition coefficient (Wildman–Crippen LogP) is 3.40. The van der Waals surface area contributed by atoms with E-state index in [9.17, 15) is 4.39 Å². The fourth-order valence-electron chi connectivity index (χ4n) is 2.28. The third-order valence-corrected chi connectivity index (χ3v) is 3.85. The Morgan fingerprint density at radius 1 is 1.37 bits per heavy atom. The van der Waals surface area contributed by atoms with Gasteiger partial charge in [-0.2, -0.15) is 0 Å². The van der Waals surface area contributed by atoms with Gasteiger partial charge < -0.3 is 10.6 Å². The predicted molar refractivity (Wildman–Crippen MR) is 85.9 cm³/mol. The van der Waals surface area contributed by atoms with E-state index in [1.807, 2.05) is 12.1 Å². The Morgan fingerprint density at radius 2 is 2.11 bits per heavy atom. The molecule has 0 spiro atoms. The standard InChI is InChI=1S/C13H18BrFN2.2ClH/c14-12-8-10(3-4-13(12)15)5-7-17-6-1-2-11(16)9-17;;/h3-4,8,11H,1-2,5-7,9,16H2;2*1H. The summed E-state index contributed by atoms with van der Waals surface area (Å²) in [4.78, 5) is 2.39. The van der Waals surface area contributed by atoms with Crippen LogP contribution < -0.4 is 5.73 Å². The first-order valence-electron chi connectivity index (χ1n) is 6.07. The van der Waals surface area contributed by atoms with Crippen molar-refractivity contribution in [3.63, 3.8) is 0 Å². The molecule has 0 radical (unpaired) electrons. The van der Waals surface area contributed by atoms with Gasteiger partial charge in [0.05, 0.1) is 4.47 Å². The SMILES string of the molecule is Cl.Cl.NC1CCCN(CCc2ccc(F)c(Br)c2)C1. The van der Waals surface area contributed by atoms with Crippen molar-refractivity contribution in [3.8, 4) is 0 Å². The van der Waals surface area contributed by atoms with Crippen molar-refractivity contribution < 1.29 is 4.39 Å². The van der Waals surface area contributed by atoms with Crippen molar-refractivity contribution in [2.45, 2.75) is 25.3 Å². The summed E-state index contributed by atoms with van der Waals surface area (Å²) in [6, 6.07) is 5.55. The molecule has 1 unspecified atom stereocenters. The molecule has 0 aliphatic carbocycles. The summed E-state index contributed by atoms with van der Waals surface area (Å²) < 4.78 is 13.6. The highest BCUT2D eigenvalue weighted by atomic mass is 79.9. The molecule has 1 heterocycles. The van der Waals surface area contributed by atoms with Crippen LogP contribution in [0, 0.1) is 5.82 Å². The lowest BCUT2D eigenvalue weighted by Gasteiger charge is -2.30. The van der Waals surface area contributed by atoms with E-state index in [1.165, 1.54) is 12.5 Å². The average molecular weight is 374 g/mol. The van der Waals surface area contributed by atoms with E-state index in [0.29, 0.717) is 10.5 Å². The van der Waals surface area contributed by atoms with Crippen molar-refractivity contribution in [1.29, 1.82) is 0 Å². The van der Waals surface area contributed by atoms with E-state index in [4.69, 9.17) is 5.73 Å². The quantitative estimate of drug-likeness (QED) is 0.879. The lowest BCUT2D eigenvalue weighted by atomic mass is 10.1. The van der Waals surface area contributed by atoms with Gasteiger partial charge in [0.1, 0.15) is 5.82 Å². The number of hydrogen-bond donors (Lipinski definition) is 1. The third kappa shape index (κ3) is 5.96. The first kappa shape index (κ1) is 19.1. The van der Waals surface area contributed by atoms with Crippen LogP contribution in [0.1, 0.15) is 18.4 Å². The molecule has 0 amide bonds. The van der Waals surface area contributed by atoms with Crippen LogP contribution in [0.2, 0.25) is 0 Å². The van der Waals surface area contributed by atoms with Gasteiger partial charge in [-0.3, -0.25) is 0 Å². The molecule has 6 heteroatoms. The van der Waals surface area contributed by atoms with E-state index in [2.05, 4.69) is 20.8 Å². The summed E-state index contributed by atoms with van der Waals surface area (Å²) >= 11 is 3.21. The van der Waals surface area contributed by atoms with Crippen molar-refractivity contribution in [2.75, 3.05) is 19.6 Å². The summed E-state index contributed by atoms with van der Waals surface area (Å²) in [5, 5.41) is 0.